The van der Waals surface area contributed by atoms with Gasteiger partial charge in [0, 0.05) is 24.6 Å². The number of nitrogens with zero attached hydrogens (tertiary/aromatic N) is 6. The number of rotatable bonds is 7. The largest absolute Gasteiger partial charge is 0.465 e. The van der Waals surface area contributed by atoms with Crippen LogP contribution in [0.1, 0.15) is 17.5 Å². The van der Waals surface area contributed by atoms with Gasteiger partial charge in [-0.3, -0.25) is 4.79 Å². The number of carbonyl (C=O) groups excluding carboxylic acids is 1. The van der Waals surface area contributed by atoms with E-state index in [1.54, 1.807) is 25.1 Å². The van der Waals surface area contributed by atoms with E-state index in [1.807, 2.05) is 30.3 Å². The molecule has 146 valence electrons. The molecule has 0 spiro atoms. The van der Waals surface area contributed by atoms with Crippen molar-refractivity contribution < 1.29 is 13.7 Å². The Morgan fingerprint density at radius 3 is 2.79 bits per heavy atom. The molecular formula is C19H17N7O3. The van der Waals surface area contributed by atoms with E-state index in [2.05, 4.69) is 31.0 Å². The van der Waals surface area contributed by atoms with Gasteiger partial charge < -0.3 is 14.3 Å². The molecule has 0 saturated carbocycles. The van der Waals surface area contributed by atoms with Gasteiger partial charge in [0.2, 0.25) is 5.89 Å². The first-order valence-electron chi connectivity index (χ1n) is 8.87. The minimum atomic E-state index is -0.373. The Balaban J connectivity index is 1.60. The number of aryl methyl sites for hydroxylation is 1. The summed E-state index contributed by atoms with van der Waals surface area (Å²) in [6.45, 7) is 2.04. The van der Waals surface area contributed by atoms with E-state index < -0.39 is 0 Å². The van der Waals surface area contributed by atoms with Crippen LogP contribution in [0.4, 0.5) is 0 Å². The summed E-state index contributed by atoms with van der Waals surface area (Å²) in [5, 5.41) is 18.4. The highest BCUT2D eigenvalue weighted by Crippen LogP contribution is 2.20. The van der Waals surface area contributed by atoms with Crippen molar-refractivity contribution >= 4 is 17.7 Å². The molecule has 4 aromatic rings. The van der Waals surface area contributed by atoms with E-state index in [4.69, 9.17) is 8.94 Å². The van der Waals surface area contributed by atoms with Gasteiger partial charge in [0.15, 0.2) is 11.6 Å². The van der Waals surface area contributed by atoms with Crippen LogP contribution in [0.15, 0.2) is 57.7 Å². The molecule has 0 aliphatic heterocycles. The van der Waals surface area contributed by atoms with Crippen molar-refractivity contribution in [2.24, 2.45) is 0 Å². The van der Waals surface area contributed by atoms with Crippen LogP contribution in [0.2, 0.25) is 0 Å². The molecule has 0 atom stereocenters. The van der Waals surface area contributed by atoms with E-state index in [1.165, 1.54) is 10.9 Å². The number of benzene rings is 1. The summed E-state index contributed by atoms with van der Waals surface area (Å²) in [4.78, 5) is 17.1. The second-order valence-electron chi connectivity index (χ2n) is 6.07. The minimum absolute atomic E-state index is 0.213. The summed E-state index contributed by atoms with van der Waals surface area (Å²) in [7, 11) is 0. The molecule has 1 aromatic carbocycles. The Bertz CT molecular complexity index is 1110. The molecule has 0 bridgehead atoms. The van der Waals surface area contributed by atoms with Gasteiger partial charge in [-0.2, -0.15) is 9.67 Å². The number of furan rings is 1. The van der Waals surface area contributed by atoms with Crippen molar-refractivity contribution in [1.29, 1.82) is 0 Å². The molecule has 29 heavy (non-hydrogen) atoms. The van der Waals surface area contributed by atoms with E-state index in [0.29, 0.717) is 36.3 Å². The van der Waals surface area contributed by atoms with E-state index >= 15 is 0 Å². The van der Waals surface area contributed by atoms with Crippen molar-refractivity contribution in [2.45, 2.75) is 13.3 Å². The van der Waals surface area contributed by atoms with Gasteiger partial charge in [-0.1, -0.05) is 35.5 Å². The fraction of sp³-hybridized carbons (Fsp3) is 0.158. The van der Waals surface area contributed by atoms with Crippen LogP contribution < -0.4 is 5.32 Å². The van der Waals surface area contributed by atoms with Crippen molar-refractivity contribution in [3.8, 4) is 11.4 Å². The Kier molecular flexibility index (Phi) is 5.23. The summed E-state index contributed by atoms with van der Waals surface area (Å²) < 4.78 is 11.8. The molecule has 0 unspecified atom stereocenters. The lowest BCUT2D eigenvalue weighted by molar-refractivity contribution is -0.115. The van der Waals surface area contributed by atoms with Gasteiger partial charge in [0.1, 0.15) is 11.5 Å². The van der Waals surface area contributed by atoms with Gasteiger partial charge in [-0.25, -0.2) is 0 Å². The lowest BCUT2D eigenvalue weighted by Crippen LogP contribution is -2.29. The smallest absolute Gasteiger partial charge is 0.270 e. The Labute approximate surface area is 165 Å². The number of amides is 1. The second-order valence-corrected chi connectivity index (χ2v) is 6.07. The zero-order valence-electron chi connectivity index (χ0n) is 15.5. The Hall–Kier alpha value is -4.08. The SMILES string of the molecule is Cc1noc(CCNC(=O)/C(=C/c2ccco2)n2nnnc2-c2ccccc2)n1. The average molecular weight is 391 g/mol. The third-order valence-electron chi connectivity index (χ3n) is 3.98. The zero-order valence-corrected chi connectivity index (χ0v) is 15.5. The molecular weight excluding hydrogens is 374 g/mol. The monoisotopic (exact) mass is 391 g/mol. The van der Waals surface area contributed by atoms with Gasteiger partial charge in [0.25, 0.3) is 5.91 Å². The number of tetrazole rings is 1. The first-order chi connectivity index (χ1) is 14.2. The lowest BCUT2D eigenvalue weighted by atomic mass is 10.2. The molecule has 4 rings (SSSR count). The maximum atomic E-state index is 12.9. The van der Waals surface area contributed by atoms with Crippen molar-refractivity contribution in [3.63, 3.8) is 0 Å². The predicted octanol–water partition coefficient (Wildman–Crippen LogP) is 1.98. The molecule has 0 radical (unpaired) electrons. The highest BCUT2D eigenvalue weighted by atomic mass is 16.5. The maximum Gasteiger partial charge on any atom is 0.270 e. The van der Waals surface area contributed by atoms with Crippen molar-refractivity contribution in [3.05, 3.63) is 66.2 Å². The van der Waals surface area contributed by atoms with Crippen LogP contribution in [-0.2, 0) is 11.2 Å². The third-order valence-corrected chi connectivity index (χ3v) is 3.98. The van der Waals surface area contributed by atoms with Crippen LogP contribution in [-0.4, -0.2) is 42.8 Å². The predicted molar refractivity (Wildman–Crippen MR) is 102 cm³/mol. The summed E-state index contributed by atoms with van der Waals surface area (Å²) in [5.41, 5.74) is 0.988. The van der Waals surface area contributed by atoms with Crippen LogP contribution in [0.3, 0.4) is 0 Å². The number of carbonyl (C=O) groups is 1. The van der Waals surface area contributed by atoms with E-state index in [-0.39, 0.29) is 11.6 Å². The standard InChI is InChI=1S/C19H17N7O3/c1-13-21-17(29-23-13)9-10-20-19(27)16(12-15-8-5-11-28-15)26-18(22-24-25-26)14-6-3-2-4-7-14/h2-8,11-12H,9-10H2,1H3,(H,20,27)/b16-12-. The number of hydrogen-bond donors (Lipinski definition) is 1. The van der Waals surface area contributed by atoms with Crippen LogP contribution in [0.25, 0.3) is 23.2 Å². The van der Waals surface area contributed by atoms with Crippen LogP contribution >= 0.6 is 0 Å². The minimum Gasteiger partial charge on any atom is -0.465 e. The van der Waals surface area contributed by atoms with Crippen LogP contribution in [0, 0.1) is 6.92 Å². The van der Waals surface area contributed by atoms with E-state index in [9.17, 15) is 4.79 Å². The molecule has 10 nitrogen and oxygen atoms in total. The topological polar surface area (TPSA) is 125 Å². The number of aromatic nitrogens is 6. The number of hydrogen-bond acceptors (Lipinski definition) is 8. The third kappa shape index (κ3) is 4.26. The quantitative estimate of drug-likeness (QED) is 0.474. The average Bonchev–Trinajstić information content (AvgIpc) is 3.49. The molecule has 0 saturated heterocycles. The van der Waals surface area contributed by atoms with Gasteiger partial charge >= 0.3 is 0 Å². The fourth-order valence-corrected chi connectivity index (χ4v) is 2.66. The van der Waals surface area contributed by atoms with Crippen molar-refractivity contribution in [2.75, 3.05) is 6.54 Å². The van der Waals surface area contributed by atoms with Crippen LogP contribution in [0.5, 0.6) is 0 Å². The second kappa shape index (κ2) is 8.30. The lowest BCUT2D eigenvalue weighted by Gasteiger charge is -2.09. The number of nitrogens with one attached hydrogen (secondary N) is 1. The normalized spacial score (nSPS) is 11.6. The van der Waals surface area contributed by atoms with Crippen molar-refractivity contribution in [1.82, 2.24) is 35.7 Å². The molecule has 0 aliphatic carbocycles. The Morgan fingerprint density at radius 2 is 2.07 bits per heavy atom. The first-order valence-corrected chi connectivity index (χ1v) is 8.87. The van der Waals surface area contributed by atoms with Gasteiger partial charge in [0.05, 0.1) is 6.26 Å². The summed E-state index contributed by atoms with van der Waals surface area (Å²) in [5.74, 6) is 1.56. The summed E-state index contributed by atoms with van der Waals surface area (Å²) in [6.07, 6.45) is 3.51. The van der Waals surface area contributed by atoms with E-state index in [0.717, 1.165) is 5.56 Å². The molecule has 0 fully saturated rings. The van der Waals surface area contributed by atoms with Gasteiger partial charge in [-0.05, 0) is 29.5 Å². The molecule has 3 heterocycles. The highest BCUT2D eigenvalue weighted by Gasteiger charge is 2.19. The fourth-order valence-electron chi connectivity index (χ4n) is 2.66. The maximum absolute atomic E-state index is 12.9. The summed E-state index contributed by atoms with van der Waals surface area (Å²) >= 11 is 0. The molecule has 1 N–H and O–H groups in total. The molecule has 3 aromatic heterocycles. The first kappa shape index (κ1) is 18.3. The molecule has 0 aliphatic rings. The molecule has 10 heteroatoms. The van der Waals surface area contributed by atoms with Gasteiger partial charge in [-0.15, -0.1) is 5.10 Å². The summed E-state index contributed by atoms with van der Waals surface area (Å²) in [6, 6.07) is 12.8. The highest BCUT2D eigenvalue weighted by molar-refractivity contribution is 6.18. The Morgan fingerprint density at radius 1 is 1.21 bits per heavy atom. The zero-order chi connectivity index (χ0) is 20.1. The molecule has 1 amide bonds.